The lowest BCUT2D eigenvalue weighted by Crippen LogP contribution is -2.22. The van der Waals surface area contributed by atoms with Crippen LogP contribution in [0.2, 0.25) is 0 Å². The Morgan fingerprint density at radius 3 is 2.05 bits per heavy atom. The first-order chi connectivity index (χ1) is 9.47. The molecule has 1 aromatic heterocycles. The molecular weight excluding hydrogens is 272 g/mol. The van der Waals surface area contributed by atoms with E-state index in [1.54, 1.807) is 38.1 Å². The van der Waals surface area contributed by atoms with Crippen molar-refractivity contribution in [2.45, 2.75) is 13.8 Å². The highest BCUT2D eigenvalue weighted by atomic mass is 19.2. The van der Waals surface area contributed by atoms with Gasteiger partial charge in [-0.05, 0) is 25.5 Å². The molecule has 0 unspecified atom stereocenters. The Kier molecular flexibility index (Phi) is 3.92. The van der Waals surface area contributed by atoms with E-state index >= 15 is 0 Å². The lowest BCUT2D eigenvalue weighted by atomic mass is 10.1. The SMILES string of the molecule is CCN(c1ccccc1C)c1c(F)c(F)nc(F)c1F. The zero-order valence-electron chi connectivity index (χ0n) is 10.9. The molecule has 0 aliphatic carbocycles. The van der Waals surface area contributed by atoms with Gasteiger partial charge in [0, 0.05) is 12.2 Å². The van der Waals surface area contributed by atoms with Gasteiger partial charge in [0.2, 0.25) is 11.6 Å². The Hall–Kier alpha value is -2.11. The number of rotatable bonds is 3. The van der Waals surface area contributed by atoms with E-state index in [-0.39, 0.29) is 6.54 Å². The van der Waals surface area contributed by atoms with Crippen LogP contribution in [0.1, 0.15) is 12.5 Å². The molecule has 2 rings (SSSR count). The molecule has 0 bridgehead atoms. The summed E-state index contributed by atoms with van der Waals surface area (Å²) in [6, 6.07) is 6.79. The fourth-order valence-corrected chi connectivity index (χ4v) is 2.03. The molecule has 106 valence electrons. The van der Waals surface area contributed by atoms with Gasteiger partial charge >= 0.3 is 0 Å². The van der Waals surface area contributed by atoms with Gasteiger partial charge in [0.15, 0.2) is 0 Å². The zero-order valence-corrected chi connectivity index (χ0v) is 10.9. The molecule has 0 saturated heterocycles. The maximum absolute atomic E-state index is 13.8. The fourth-order valence-electron chi connectivity index (χ4n) is 2.03. The van der Waals surface area contributed by atoms with Crippen LogP contribution in [0.3, 0.4) is 0 Å². The van der Waals surface area contributed by atoms with E-state index in [4.69, 9.17) is 0 Å². The highest BCUT2D eigenvalue weighted by Crippen LogP contribution is 2.33. The topological polar surface area (TPSA) is 16.1 Å². The molecule has 0 fully saturated rings. The van der Waals surface area contributed by atoms with Gasteiger partial charge in [0.1, 0.15) is 5.69 Å². The van der Waals surface area contributed by atoms with Gasteiger partial charge in [-0.25, -0.2) is 0 Å². The van der Waals surface area contributed by atoms with Crippen LogP contribution in [-0.2, 0) is 0 Å². The number of para-hydroxylation sites is 1. The minimum Gasteiger partial charge on any atom is -0.336 e. The maximum atomic E-state index is 13.8. The Bertz CT molecular complexity index is 617. The third-order valence-corrected chi connectivity index (χ3v) is 2.97. The van der Waals surface area contributed by atoms with E-state index in [2.05, 4.69) is 4.98 Å². The molecule has 0 saturated carbocycles. The third-order valence-electron chi connectivity index (χ3n) is 2.97. The molecule has 0 spiro atoms. The van der Waals surface area contributed by atoms with Crippen LogP contribution in [0.5, 0.6) is 0 Å². The number of pyridine rings is 1. The summed E-state index contributed by atoms with van der Waals surface area (Å²) in [4.78, 5) is 3.73. The summed E-state index contributed by atoms with van der Waals surface area (Å²) in [6.07, 6.45) is 0. The molecule has 1 aromatic carbocycles. The van der Waals surface area contributed by atoms with Crippen LogP contribution in [-0.4, -0.2) is 11.5 Å². The molecular formula is C14H12F4N2. The van der Waals surface area contributed by atoms with Crippen molar-refractivity contribution in [1.82, 2.24) is 4.98 Å². The molecule has 0 atom stereocenters. The summed E-state index contributed by atoms with van der Waals surface area (Å²) < 4.78 is 54.0. The van der Waals surface area contributed by atoms with Crippen LogP contribution in [0, 0.1) is 30.5 Å². The molecule has 0 aliphatic rings. The fraction of sp³-hybridized carbons (Fsp3) is 0.214. The second-order valence-corrected chi connectivity index (χ2v) is 4.20. The lowest BCUT2D eigenvalue weighted by Gasteiger charge is -2.25. The van der Waals surface area contributed by atoms with Crippen molar-refractivity contribution in [3.63, 3.8) is 0 Å². The molecule has 0 radical (unpaired) electrons. The Balaban J connectivity index is 2.68. The first kappa shape index (κ1) is 14.3. The number of anilines is 2. The predicted octanol–water partition coefficient (Wildman–Crippen LogP) is 4.10. The van der Waals surface area contributed by atoms with Crippen molar-refractivity contribution in [3.05, 3.63) is 53.4 Å². The van der Waals surface area contributed by atoms with E-state index in [1.165, 1.54) is 4.90 Å². The predicted molar refractivity (Wildman–Crippen MR) is 67.9 cm³/mol. The Morgan fingerprint density at radius 2 is 1.55 bits per heavy atom. The van der Waals surface area contributed by atoms with Crippen LogP contribution < -0.4 is 4.90 Å². The number of benzene rings is 1. The standard InChI is InChI=1S/C14H12F4N2/c1-3-20(9-7-5-4-6-8(9)2)12-10(15)13(17)19-14(18)11(12)16/h4-7H,3H2,1-2H3. The summed E-state index contributed by atoms with van der Waals surface area (Å²) in [7, 11) is 0. The van der Waals surface area contributed by atoms with E-state index in [0.717, 1.165) is 5.56 Å². The minimum atomic E-state index is -1.66. The maximum Gasteiger partial charge on any atom is 0.253 e. The Morgan fingerprint density at radius 1 is 1.00 bits per heavy atom. The van der Waals surface area contributed by atoms with Crippen molar-refractivity contribution in [2.24, 2.45) is 0 Å². The summed E-state index contributed by atoms with van der Waals surface area (Å²) in [5, 5.41) is 0. The first-order valence-electron chi connectivity index (χ1n) is 6.00. The summed E-state index contributed by atoms with van der Waals surface area (Å²) in [5.74, 6) is -6.33. The summed E-state index contributed by atoms with van der Waals surface area (Å²) in [6.45, 7) is 3.50. The average Bonchev–Trinajstić information content (AvgIpc) is 2.42. The number of aryl methyl sites for hydroxylation is 1. The van der Waals surface area contributed by atoms with E-state index in [0.29, 0.717) is 5.69 Å². The van der Waals surface area contributed by atoms with Gasteiger partial charge in [0.25, 0.3) is 11.9 Å². The quantitative estimate of drug-likeness (QED) is 0.623. The largest absolute Gasteiger partial charge is 0.336 e. The monoisotopic (exact) mass is 284 g/mol. The smallest absolute Gasteiger partial charge is 0.253 e. The number of nitrogens with zero attached hydrogens (tertiary/aromatic N) is 2. The van der Waals surface area contributed by atoms with Gasteiger partial charge in [-0.3, -0.25) is 0 Å². The van der Waals surface area contributed by atoms with E-state index in [9.17, 15) is 17.6 Å². The second-order valence-electron chi connectivity index (χ2n) is 4.20. The van der Waals surface area contributed by atoms with Crippen LogP contribution >= 0.6 is 0 Å². The van der Waals surface area contributed by atoms with Crippen LogP contribution in [0.25, 0.3) is 0 Å². The van der Waals surface area contributed by atoms with E-state index in [1.807, 2.05) is 0 Å². The third kappa shape index (κ3) is 2.33. The second kappa shape index (κ2) is 5.48. The number of halogens is 4. The van der Waals surface area contributed by atoms with Crippen molar-refractivity contribution in [1.29, 1.82) is 0 Å². The molecule has 2 nitrogen and oxygen atoms in total. The van der Waals surface area contributed by atoms with Crippen molar-refractivity contribution >= 4 is 11.4 Å². The van der Waals surface area contributed by atoms with Crippen molar-refractivity contribution in [3.8, 4) is 0 Å². The number of aromatic nitrogens is 1. The van der Waals surface area contributed by atoms with Gasteiger partial charge in [-0.1, -0.05) is 18.2 Å². The van der Waals surface area contributed by atoms with E-state index < -0.39 is 29.2 Å². The summed E-state index contributed by atoms with van der Waals surface area (Å²) >= 11 is 0. The van der Waals surface area contributed by atoms with Crippen molar-refractivity contribution < 1.29 is 17.6 Å². The van der Waals surface area contributed by atoms with Crippen LogP contribution in [0.4, 0.5) is 28.9 Å². The molecule has 1 heterocycles. The minimum absolute atomic E-state index is 0.140. The van der Waals surface area contributed by atoms with Gasteiger partial charge in [-0.2, -0.15) is 22.5 Å². The van der Waals surface area contributed by atoms with Crippen LogP contribution in [0.15, 0.2) is 24.3 Å². The molecule has 2 aromatic rings. The van der Waals surface area contributed by atoms with Crippen molar-refractivity contribution in [2.75, 3.05) is 11.4 Å². The molecule has 0 amide bonds. The van der Waals surface area contributed by atoms with Gasteiger partial charge in [0.05, 0.1) is 0 Å². The highest BCUT2D eigenvalue weighted by Gasteiger charge is 2.26. The molecule has 6 heteroatoms. The molecule has 20 heavy (non-hydrogen) atoms. The van der Waals surface area contributed by atoms with Gasteiger partial charge in [-0.15, -0.1) is 0 Å². The lowest BCUT2D eigenvalue weighted by molar-refractivity contribution is 0.408. The summed E-state index contributed by atoms with van der Waals surface area (Å²) in [5.41, 5.74) is 0.426. The first-order valence-corrected chi connectivity index (χ1v) is 6.00. The number of hydrogen-bond donors (Lipinski definition) is 0. The van der Waals surface area contributed by atoms with Gasteiger partial charge < -0.3 is 4.90 Å². The average molecular weight is 284 g/mol. The zero-order chi connectivity index (χ0) is 14.9. The Labute approximate surface area is 113 Å². The highest BCUT2D eigenvalue weighted by molar-refractivity contribution is 5.66. The normalized spacial score (nSPS) is 10.7. The molecule has 0 aliphatic heterocycles. The number of hydrogen-bond acceptors (Lipinski definition) is 2. The molecule has 0 N–H and O–H groups in total.